The standard InChI is InChI=1S/C17H18BrN3O5S/c1-2-25-11-5-3-4-6-12(11)26-10-16(23)21-20-15(22)9-19-17(24)13-7-8-14(18)27-13/h3-8H,2,9-10H2,1H3,(H,19,24)(H,20,22)(H,21,23). The Morgan fingerprint density at radius 3 is 2.30 bits per heavy atom. The van der Waals surface area contributed by atoms with Crippen LogP contribution in [0.1, 0.15) is 16.6 Å². The lowest BCUT2D eigenvalue weighted by molar-refractivity contribution is -0.129. The molecule has 10 heteroatoms. The normalized spacial score (nSPS) is 10.0. The fourth-order valence-corrected chi connectivity index (χ4v) is 3.19. The second kappa shape index (κ2) is 10.5. The van der Waals surface area contributed by atoms with Crippen molar-refractivity contribution < 1.29 is 23.9 Å². The van der Waals surface area contributed by atoms with E-state index in [9.17, 15) is 14.4 Å². The van der Waals surface area contributed by atoms with Crippen LogP contribution < -0.4 is 25.6 Å². The summed E-state index contributed by atoms with van der Waals surface area (Å²) in [6, 6.07) is 10.3. The fourth-order valence-electron chi connectivity index (χ4n) is 1.89. The van der Waals surface area contributed by atoms with E-state index >= 15 is 0 Å². The van der Waals surface area contributed by atoms with Crippen molar-refractivity contribution in [2.24, 2.45) is 0 Å². The van der Waals surface area contributed by atoms with Gasteiger partial charge in [-0.25, -0.2) is 0 Å². The Labute approximate surface area is 168 Å². The molecule has 0 aliphatic carbocycles. The molecule has 0 aliphatic heterocycles. The predicted octanol–water partition coefficient (Wildman–Crippen LogP) is 1.87. The van der Waals surface area contributed by atoms with Gasteiger partial charge in [-0.15, -0.1) is 11.3 Å². The van der Waals surface area contributed by atoms with Crippen LogP contribution in [-0.2, 0) is 9.59 Å². The first-order valence-corrected chi connectivity index (χ1v) is 9.56. The number of para-hydroxylation sites is 2. The summed E-state index contributed by atoms with van der Waals surface area (Å²) in [5.74, 6) is -0.539. The molecule has 0 radical (unpaired) electrons. The maximum atomic E-state index is 11.8. The summed E-state index contributed by atoms with van der Waals surface area (Å²) < 4.78 is 11.6. The van der Waals surface area contributed by atoms with Crippen molar-refractivity contribution in [2.75, 3.05) is 19.8 Å². The van der Waals surface area contributed by atoms with E-state index < -0.39 is 11.8 Å². The van der Waals surface area contributed by atoms with E-state index in [2.05, 4.69) is 32.1 Å². The van der Waals surface area contributed by atoms with Crippen LogP contribution in [0, 0.1) is 0 Å². The number of rotatable bonds is 8. The Morgan fingerprint density at radius 2 is 1.67 bits per heavy atom. The van der Waals surface area contributed by atoms with Crippen LogP contribution in [0.3, 0.4) is 0 Å². The Balaban J connectivity index is 1.69. The quantitative estimate of drug-likeness (QED) is 0.526. The number of hydrogen-bond donors (Lipinski definition) is 3. The van der Waals surface area contributed by atoms with Gasteiger partial charge in [0.1, 0.15) is 0 Å². The number of carbonyl (C=O) groups excluding carboxylic acids is 3. The minimum atomic E-state index is -0.568. The molecule has 1 heterocycles. The zero-order chi connectivity index (χ0) is 19.6. The number of benzene rings is 1. The van der Waals surface area contributed by atoms with Crippen LogP contribution in [0.4, 0.5) is 0 Å². The number of halogens is 1. The molecule has 0 bridgehead atoms. The van der Waals surface area contributed by atoms with E-state index in [0.717, 1.165) is 3.79 Å². The van der Waals surface area contributed by atoms with Crippen LogP contribution in [0.25, 0.3) is 0 Å². The Hall–Kier alpha value is -2.59. The SMILES string of the molecule is CCOc1ccccc1OCC(=O)NNC(=O)CNC(=O)c1ccc(Br)s1. The Bertz CT molecular complexity index is 811. The molecule has 3 N–H and O–H groups in total. The molecule has 3 amide bonds. The van der Waals surface area contributed by atoms with Crippen molar-refractivity contribution in [3.05, 3.63) is 45.1 Å². The Kier molecular flexibility index (Phi) is 8.08. The average molecular weight is 456 g/mol. The van der Waals surface area contributed by atoms with E-state index in [0.29, 0.717) is 23.0 Å². The fraction of sp³-hybridized carbons (Fsp3) is 0.235. The van der Waals surface area contributed by atoms with Gasteiger partial charge in [0, 0.05) is 0 Å². The lowest BCUT2D eigenvalue weighted by atomic mass is 10.3. The van der Waals surface area contributed by atoms with Gasteiger partial charge in [0.25, 0.3) is 17.7 Å². The van der Waals surface area contributed by atoms with E-state index in [1.165, 1.54) is 11.3 Å². The molecule has 1 aromatic carbocycles. The summed E-state index contributed by atoms with van der Waals surface area (Å²) in [5, 5.41) is 2.45. The van der Waals surface area contributed by atoms with Gasteiger partial charge in [0.05, 0.1) is 21.8 Å². The molecule has 0 fully saturated rings. The number of carbonyl (C=O) groups is 3. The van der Waals surface area contributed by atoms with Gasteiger partial charge >= 0.3 is 0 Å². The van der Waals surface area contributed by atoms with Gasteiger partial charge in [-0.05, 0) is 47.1 Å². The number of hydrazine groups is 1. The zero-order valence-corrected chi connectivity index (χ0v) is 16.8. The lowest BCUT2D eigenvalue weighted by Crippen LogP contribution is -2.47. The molecule has 2 rings (SSSR count). The second-order valence-corrected chi connectivity index (χ2v) is 7.51. The zero-order valence-electron chi connectivity index (χ0n) is 14.4. The first-order valence-electron chi connectivity index (χ1n) is 7.95. The maximum absolute atomic E-state index is 11.8. The monoisotopic (exact) mass is 455 g/mol. The molecule has 144 valence electrons. The van der Waals surface area contributed by atoms with E-state index in [1.807, 2.05) is 6.92 Å². The summed E-state index contributed by atoms with van der Waals surface area (Å²) in [4.78, 5) is 35.8. The van der Waals surface area contributed by atoms with Crippen molar-refractivity contribution >= 4 is 45.0 Å². The molecule has 8 nitrogen and oxygen atoms in total. The molecule has 1 aromatic heterocycles. The third-order valence-electron chi connectivity index (χ3n) is 3.06. The number of hydrogen-bond acceptors (Lipinski definition) is 6. The molecule has 0 unspecified atom stereocenters. The molecular formula is C17H18BrN3O5S. The van der Waals surface area contributed by atoms with Crippen molar-refractivity contribution in [3.63, 3.8) is 0 Å². The van der Waals surface area contributed by atoms with E-state index in [4.69, 9.17) is 9.47 Å². The summed E-state index contributed by atoms with van der Waals surface area (Å²) in [6.07, 6.45) is 0. The largest absolute Gasteiger partial charge is 0.490 e. The molecule has 0 aliphatic rings. The third kappa shape index (κ3) is 6.91. The highest BCUT2D eigenvalue weighted by molar-refractivity contribution is 9.11. The topological polar surface area (TPSA) is 106 Å². The highest BCUT2D eigenvalue weighted by Crippen LogP contribution is 2.26. The van der Waals surface area contributed by atoms with E-state index in [-0.39, 0.29) is 19.1 Å². The molecule has 0 spiro atoms. The van der Waals surface area contributed by atoms with Crippen molar-refractivity contribution in [1.29, 1.82) is 0 Å². The molecule has 0 saturated carbocycles. The van der Waals surface area contributed by atoms with Gasteiger partial charge < -0.3 is 14.8 Å². The highest BCUT2D eigenvalue weighted by atomic mass is 79.9. The highest BCUT2D eigenvalue weighted by Gasteiger charge is 2.11. The molecule has 27 heavy (non-hydrogen) atoms. The van der Waals surface area contributed by atoms with Crippen LogP contribution in [0.2, 0.25) is 0 Å². The summed E-state index contributed by atoms with van der Waals surface area (Å²) in [5.41, 5.74) is 4.41. The average Bonchev–Trinajstić information content (AvgIpc) is 3.10. The molecule has 2 aromatic rings. The number of thiophene rings is 1. The summed E-state index contributed by atoms with van der Waals surface area (Å²) >= 11 is 4.51. The molecular weight excluding hydrogens is 438 g/mol. The van der Waals surface area contributed by atoms with Crippen LogP contribution >= 0.6 is 27.3 Å². The minimum Gasteiger partial charge on any atom is -0.490 e. The minimum absolute atomic E-state index is 0.275. The van der Waals surface area contributed by atoms with Crippen LogP contribution in [0.5, 0.6) is 11.5 Å². The van der Waals surface area contributed by atoms with Crippen LogP contribution in [0.15, 0.2) is 40.2 Å². The van der Waals surface area contributed by atoms with Gasteiger partial charge in [-0.3, -0.25) is 25.2 Å². The van der Waals surface area contributed by atoms with Gasteiger partial charge in [-0.1, -0.05) is 12.1 Å². The van der Waals surface area contributed by atoms with Crippen molar-refractivity contribution in [3.8, 4) is 11.5 Å². The molecule has 0 atom stereocenters. The maximum Gasteiger partial charge on any atom is 0.276 e. The summed E-state index contributed by atoms with van der Waals surface area (Å²) in [6.45, 7) is 1.73. The second-order valence-electron chi connectivity index (χ2n) is 5.05. The number of amides is 3. The first-order chi connectivity index (χ1) is 13.0. The lowest BCUT2D eigenvalue weighted by Gasteiger charge is -2.12. The summed E-state index contributed by atoms with van der Waals surface area (Å²) in [7, 11) is 0. The van der Waals surface area contributed by atoms with Crippen molar-refractivity contribution in [2.45, 2.75) is 6.92 Å². The number of nitrogens with one attached hydrogen (secondary N) is 3. The van der Waals surface area contributed by atoms with Gasteiger partial charge in [0.15, 0.2) is 18.1 Å². The van der Waals surface area contributed by atoms with E-state index in [1.54, 1.807) is 36.4 Å². The molecule has 0 saturated heterocycles. The Morgan fingerprint density at radius 1 is 1.00 bits per heavy atom. The predicted molar refractivity (Wildman–Crippen MR) is 104 cm³/mol. The first kappa shape index (κ1) is 20.7. The van der Waals surface area contributed by atoms with Crippen molar-refractivity contribution in [1.82, 2.24) is 16.2 Å². The number of ether oxygens (including phenoxy) is 2. The van der Waals surface area contributed by atoms with Crippen LogP contribution in [-0.4, -0.2) is 37.5 Å². The van der Waals surface area contributed by atoms with Gasteiger partial charge in [0.2, 0.25) is 0 Å². The third-order valence-corrected chi connectivity index (χ3v) is 4.68. The smallest absolute Gasteiger partial charge is 0.276 e. The van der Waals surface area contributed by atoms with Gasteiger partial charge in [-0.2, -0.15) is 0 Å².